The number of nitriles is 4. The average molecular weight is 1110 g/mol. The van der Waals surface area contributed by atoms with Gasteiger partial charge in [0.15, 0.2) is 11.6 Å². The first kappa shape index (κ1) is 48.0. The Morgan fingerprint density at radius 3 is 1.05 bits per heavy atom. The van der Waals surface area contributed by atoms with Gasteiger partial charge in [-0.05, 0) is 145 Å². The van der Waals surface area contributed by atoms with Crippen molar-refractivity contribution in [3.05, 3.63) is 250 Å². The summed E-state index contributed by atoms with van der Waals surface area (Å²) in [5.74, 6) is -0.430. The summed E-state index contributed by atoms with van der Waals surface area (Å²) in [5, 5.41) is 40.8. The van der Waals surface area contributed by atoms with Gasteiger partial charge in [-0.3, -0.25) is 9.59 Å². The molecule has 10 aromatic rings. The molecule has 0 amide bonds. The fourth-order valence-electron chi connectivity index (χ4n) is 12.4. The second-order valence-electron chi connectivity index (χ2n) is 19.8. The van der Waals surface area contributed by atoms with Crippen LogP contribution in [0.25, 0.3) is 53.6 Å². The van der Waals surface area contributed by atoms with Gasteiger partial charge in [0.1, 0.15) is 35.4 Å². The summed E-state index contributed by atoms with van der Waals surface area (Å²) in [4.78, 5) is 40.6. The Hall–Kier alpha value is -8.40. The minimum Gasteiger partial charge on any atom is -0.289 e. The van der Waals surface area contributed by atoms with E-state index in [1.807, 2.05) is 71.2 Å². The lowest BCUT2D eigenvalue weighted by Crippen LogP contribution is -2.27. The van der Waals surface area contributed by atoms with Gasteiger partial charge in [-0.25, -0.2) is 0 Å². The molecule has 0 fully saturated rings. The van der Waals surface area contributed by atoms with Crippen molar-refractivity contribution in [1.29, 1.82) is 21.0 Å². The van der Waals surface area contributed by atoms with E-state index < -0.39 is 10.8 Å². The summed E-state index contributed by atoms with van der Waals surface area (Å²) >= 11 is 10.9. The van der Waals surface area contributed by atoms with Gasteiger partial charge in [-0.1, -0.05) is 72.8 Å². The van der Waals surface area contributed by atoms with Crippen molar-refractivity contribution in [2.75, 3.05) is 0 Å². The van der Waals surface area contributed by atoms with Gasteiger partial charge in [-0.2, -0.15) is 21.0 Å². The normalized spacial score (nSPS) is 15.9. The molecule has 6 nitrogen and oxygen atoms in total. The van der Waals surface area contributed by atoms with Crippen LogP contribution < -0.4 is 0 Å². The Kier molecular flexibility index (Phi) is 10.8. The maximum Gasteiger partial charge on any atom is 0.194 e. The third-order valence-corrected chi connectivity index (χ3v) is 22.7. The number of ketones is 2. The number of aryl methyl sites for hydroxylation is 4. The van der Waals surface area contributed by atoms with Crippen LogP contribution in [0.1, 0.15) is 104 Å². The van der Waals surface area contributed by atoms with Crippen LogP contribution in [0.4, 0.5) is 0 Å². The van der Waals surface area contributed by atoms with Crippen LogP contribution >= 0.6 is 68.0 Å². The Morgan fingerprint density at radius 1 is 0.410 bits per heavy atom. The minimum atomic E-state index is -0.747. The van der Waals surface area contributed by atoms with E-state index in [9.17, 15) is 30.6 Å². The standard InChI is InChI=1S/C66H36N4O2S6/c1-33-13-21-51(73-33)65(52-22-14-34(2)74-52)49-27-37(25-47-55(39(29-67)30-68)41-9-5-7-11-43(41)59(47)71)17-19-45(49)61-57(65)63-64(77-61)58-62(78-63)46-20-18-38(26-48-56(40(31-69)32-70)42-10-6-8-12-44(42)60(48)72)28-50(46)66(58,53-23-15-35(3)75-53)54-24-16-36(4)76-54/h5-28H,1-4H3. The summed E-state index contributed by atoms with van der Waals surface area (Å²) in [7, 11) is 0. The molecule has 6 aromatic heterocycles. The van der Waals surface area contributed by atoms with Crippen molar-refractivity contribution >= 4 is 112 Å². The molecule has 12 heteroatoms. The van der Waals surface area contributed by atoms with Gasteiger partial charge in [0.2, 0.25) is 0 Å². The molecule has 4 aromatic carbocycles. The van der Waals surface area contributed by atoms with E-state index in [-0.39, 0.29) is 22.7 Å². The van der Waals surface area contributed by atoms with Crippen LogP contribution in [0.5, 0.6) is 0 Å². The third kappa shape index (κ3) is 6.45. The van der Waals surface area contributed by atoms with Gasteiger partial charge >= 0.3 is 0 Å². The number of allylic oxidation sites excluding steroid dienone is 6. The summed E-state index contributed by atoms with van der Waals surface area (Å²) in [6, 6.07) is 53.8. The summed E-state index contributed by atoms with van der Waals surface area (Å²) in [5.41, 5.74) is 10.4. The number of hydrogen-bond donors (Lipinski definition) is 0. The average Bonchev–Trinajstić information content (AvgIpc) is 4.53. The van der Waals surface area contributed by atoms with E-state index in [1.54, 1.807) is 57.5 Å². The van der Waals surface area contributed by atoms with Crippen molar-refractivity contribution in [3.63, 3.8) is 0 Å². The first-order valence-corrected chi connectivity index (χ1v) is 29.8. The molecule has 4 aliphatic rings. The summed E-state index contributed by atoms with van der Waals surface area (Å²) in [6.07, 6.45) is 3.73. The predicted octanol–water partition coefficient (Wildman–Crippen LogP) is 17.3. The molecule has 0 saturated heterocycles. The molecule has 0 atom stereocenters. The Morgan fingerprint density at radius 2 is 0.744 bits per heavy atom. The highest BCUT2D eigenvalue weighted by Gasteiger charge is 2.55. The number of rotatable bonds is 6. The Balaban J connectivity index is 1.05. The van der Waals surface area contributed by atoms with Crippen LogP contribution in [0.3, 0.4) is 0 Å². The molecule has 0 unspecified atom stereocenters. The number of carbonyl (C=O) groups is 2. The molecular weight excluding hydrogens is 1070 g/mol. The Bertz CT molecular complexity index is 4320. The molecule has 6 heterocycles. The highest BCUT2D eigenvalue weighted by Crippen LogP contribution is 2.70. The third-order valence-electron chi connectivity index (χ3n) is 15.6. The van der Waals surface area contributed by atoms with Gasteiger partial charge < -0.3 is 0 Å². The maximum absolute atomic E-state index is 14.3. The predicted molar refractivity (Wildman–Crippen MR) is 319 cm³/mol. The van der Waals surface area contributed by atoms with Gasteiger partial charge in [0, 0.05) is 93.3 Å². The number of carbonyl (C=O) groups excluding carboxylic acids is 2. The number of benzene rings is 4. The van der Waals surface area contributed by atoms with Crippen LogP contribution in [-0.2, 0) is 10.8 Å². The van der Waals surface area contributed by atoms with Crippen molar-refractivity contribution in [1.82, 2.24) is 0 Å². The molecular formula is C66H36N4O2S6. The number of fused-ring (bicyclic) bond motifs is 11. The number of thiophene rings is 6. The zero-order chi connectivity index (χ0) is 53.5. The van der Waals surface area contributed by atoms with Crippen LogP contribution in [0, 0.1) is 73.0 Å². The van der Waals surface area contributed by atoms with Crippen molar-refractivity contribution in [3.8, 4) is 45.2 Å². The van der Waals surface area contributed by atoms with Gasteiger partial charge in [-0.15, -0.1) is 68.0 Å². The SMILES string of the molecule is Cc1ccc(C2(c3ccc(C)s3)c3cc(C=C4C(=O)c5ccccc5C4=C(C#N)C#N)ccc3-c3sc4c5c(sc4c32)-c2ccc(C=C3C(=O)c4ccccc4C3=C(C#N)C#N)cc2C5(c2ccc(C)s2)c2ccc(C)s2)s1. The lowest BCUT2D eigenvalue weighted by atomic mass is 9.74. The Labute approximate surface area is 473 Å². The van der Waals surface area contributed by atoms with E-state index in [1.165, 1.54) is 69.3 Å². The zero-order valence-electron chi connectivity index (χ0n) is 41.9. The lowest BCUT2D eigenvalue weighted by molar-refractivity contribution is 0.103. The molecule has 0 N–H and O–H groups in total. The van der Waals surface area contributed by atoms with Gasteiger partial charge in [0.05, 0.1) is 20.2 Å². The van der Waals surface area contributed by atoms with Crippen LogP contribution in [-0.4, -0.2) is 11.6 Å². The molecule has 0 radical (unpaired) electrons. The smallest absolute Gasteiger partial charge is 0.194 e. The summed E-state index contributed by atoms with van der Waals surface area (Å²) in [6.45, 7) is 8.64. The largest absolute Gasteiger partial charge is 0.289 e. The minimum absolute atomic E-state index is 0.0965. The monoisotopic (exact) mass is 1110 g/mol. The fourth-order valence-corrected chi connectivity index (χ4v) is 20.1. The molecule has 4 aliphatic carbocycles. The number of Topliss-reactive ketones (excluding diaryl/α,β-unsaturated/α-hetero) is 2. The van der Waals surface area contributed by atoms with E-state index in [2.05, 4.69) is 137 Å². The first-order chi connectivity index (χ1) is 37.9. The zero-order valence-corrected chi connectivity index (χ0v) is 46.8. The molecule has 0 bridgehead atoms. The second kappa shape index (κ2) is 17.6. The maximum atomic E-state index is 14.3. The quantitative estimate of drug-likeness (QED) is 0.120. The van der Waals surface area contributed by atoms with E-state index >= 15 is 0 Å². The van der Waals surface area contributed by atoms with Crippen LogP contribution in [0.2, 0.25) is 0 Å². The lowest BCUT2D eigenvalue weighted by Gasteiger charge is -2.31. The molecule has 14 rings (SSSR count). The number of hydrogen-bond acceptors (Lipinski definition) is 12. The van der Waals surface area contributed by atoms with Crippen molar-refractivity contribution in [2.45, 2.75) is 38.5 Å². The van der Waals surface area contributed by atoms with Gasteiger partial charge in [0.25, 0.3) is 0 Å². The van der Waals surface area contributed by atoms with Crippen molar-refractivity contribution < 1.29 is 9.59 Å². The molecule has 0 saturated carbocycles. The molecule has 368 valence electrons. The molecule has 78 heavy (non-hydrogen) atoms. The highest BCUT2D eigenvalue weighted by atomic mass is 32.1. The van der Waals surface area contributed by atoms with E-state index in [0.717, 1.165) is 33.4 Å². The first-order valence-electron chi connectivity index (χ1n) is 24.9. The summed E-state index contributed by atoms with van der Waals surface area (Å²) < 4.78 is 2.44. The topological polar surface area (TPSA) is 129 Å². The van der Waals surface area contributed by atoms with Crippen LogP contribution in [0.15, 0.2) is 156 Å². The number of nitrogens with zero attached hydrogens (tertiary/aromatic N) is 4. The highest BCUT2D eigenvalue weighted by molar-refractivity contribution is 7.32. The molecule has 0 aliphatic heterocycles. The fraction of sp³-hybridized carbons (Fsp3) is 0.0909. The second-order valence-corrected chi connectivity index (χ2v) is 27.0. The van der Waals surface area contributed by atoms with Crippen molar-refractivity contribution in [2.24, 2.45) is 0 Å². The van der Waals surface area contributed by atoms with E-state index in [4.69, 9.17) is 0 Å². The van der Waals surface area contributed by atoms with E-state index in [0.29, 0.717) is 44.5 Å². The molecule has 0 spiro atoms.